The summed E-state index contributed by atoms with van der Waals surface area (Å²) in [5.41, 5.74) is 0.665. The molecular formula is C39H49N4O12-. The number of benzene rings is 2. The van der Waals surface area contributed by atoms with Crippen LogP contribution in [0.15, 0.2) is 47.5 Å². The number of amides is 1. The number of nitriles is 1. The highest BCUT2D eigenvalue weighted by molar-refractivity contribution is 6.30. The van der Waals surface area contributed by atoms with E-state index in [1.807, 2.05) is 12.1 Å². The second-order valence-electron chi connectivity index (χ2n) is 13.2. The molecule has 1 unspecified atom stereocenters. The van der Waals surface area contributed by atoms with Crippen molar-refractivity contribution in [3.05, 3.63) is 70.4 Å². The number of ether oxygens (including phenoxy) is 1. The number of hydrogen-bond donors (Lipinski definition) is 6. The van der Waals surface area contributed by atoms with Crippen LogP contribution in [0, 0.1) is 16.9 Å². The van der Waals surface area contributed by atoms with E-state index in [1.165, 1.54) is 42.2 Å². The quantitative estimate of drug-likeness (QED) is 0.0379. The fourth-order valence-corrected chi connectivity index (χ4v) is 5.28. The molecule has 1 aromatic heterocycles. The third kappa shape index (κ3) is 12.5. The van der Waals surface area contributed by atoms with E-state index in [4.69, 9.17) is 20.6 Å². The van der Waals surface area contributed by atoms with Crippen molar-refractivity contribution in [3.63, 3.8) is 0 Å². The van der Waals surface area contributed by atoms with Crippen LogP contribution >= 0.6 is 0 Å². The van der Waals surface area contributed by atoms with Gasteiger partial charge in [0, 0.05) is 35.2 Å². The first kappa shape index (κ1) is 45.6. The summed E-state index contributed by atoms with van der Waals surface area (Å²) in [6.07, 6.45) is 6.91. The van der Waals surface area contributed by atoms with Gasteiger partial charge in [0.25, 0.3) is 12.2 Å². The molecule has 16 nitrogen and oxygen atoms in total. The molecule has 55 heavy (non-hydrogen) atoms. The van der Waals surface area contributed by atoms with Gasteiger partial charge in [0.2, 0.25) is 6.08 Å². The Balaban J connectivity index is 0.000000589. The maximum absolute atomic E-state index is 13.3. The molecule has 0 saturated carbocycles. The number of carboxylic acids is 1. The van der Waals surface area contributed by atoms with E-state index in [0.29, 0.717) is 30.0 Å². The standard InChI is InChI=1S/C26H26N2O6.C8H12N2O2.C5H10O4.H/c1-14(2)15-4-6-20-17(11-15)13-21(31)23(27-20)22-24(32)18-5-3-16(12-19(18)25(22)33)26(34)28(7-9-29)8-10-30;9-7-12-6-4-2-1-3-5-10-8-11;1-5(2-6,3-7)4(8)9;/h3-6,11-14,22,29-31H,7-10H2,1-2H3;1-6H2;6-7H,2-3H2,1H3,(H,8,9);/q;;;-1/i;;;1+1. The average Bonchev–Trinajstić information content (AvgIpc) is 3.42. The number of ketones is 2. The van der Waals surface area contributed by atoms with Crippen molar-refractivity contribution in [1.29, 1.82) is 5.26 Å². The molecule has 16 heteroatoms. The number of carboxylic acid groups (broad SMARTS) is 1. The van der Waals surface area contributed by atoms with Crippen molar-refractivity contribution in [1.82, 2.24) is 9.88 Å². The van der Waals surface area contributed by atoms with E-state index in [1.54, 1.807) is 12.3 Å². The first-order valence-corrected chi connectivity index (χ1v) is 17.6. The van der Waals surface area contributed by atoms with Gasteiger partial charge in [-0.2, -0.15) is 5.26 Å². The number of carbonyl (C=O) groups excluding carboxylic acids is 4. The van der Waals surface area contributed by atoms with E-state index < -0.39 is 48.0 Å². The number of unbranched alkanes of at least 4 members (excludes halogenated alkanes) is 3. The van der Waals surface area contributed by atoms with Crippen LogP contribution in [0.2, 0.25) is 0 Å². The smallest absolute Gasteiger partial charge is 0.314 e. The fourth-order valence-electron chi connectivity index (χ4n) is 5.28. The van der Waals surface area contributed by atoms with Gasteiger partial charge in [0.15, 0.2) is 11.6 Å². The fraction of sp³-hybridized carbons (Fsp3) is 0.462. The predicted molar refractivity (Wildman–Crippen MR) is 199 cm³/mol. The molecule has 1 aliphatic carbocycles. The molecule has 0 aliphatic heterocycles. The van der Waals surface area contributed by atoms with Crippen LogP contribution in [0.3, 0.4) is 0 Å². The summed E-state index contributed by atoms with van der Waals surface area (Å²) in [4.78, 5) is 68.1. The molecule has 1 amide bonds. The number of Topliss-reactive ketones (excluding diaryl/α,β-unsaturated/α-hetero) is 2. The Morgan fingerprint density at radius 2 is 1.60 bits per heavy atom. The maximum atomic E-state index is 13.3. The Labute approximate surface area is 319 Å². The van der Waals surface area contributed by atoms with Gasteiger partial charge in [-0.25, -0.2) is 14.8 Å². The monoisotopic (exact) mass is 766 g/mol. The zero-order chi connectivity index (χ0) is 41.1. The van der Waals surface area contributed by atoms with Crippen LogP contribution in [0.4, 0.5) is 0 Å². The second-order valence-corrected chi connectivity index (χ2v) is 13.2. The molecular weight excluding hydrogens is 716 g/mol. The number of hydrogen-bond acceptors (Lipinski definition) is 14. The van der Waals surface area contributed by atoms with Crippen LogP contribution in [0.5, 0.6) is 5.75 Å². The molecule has 0 saturated heterocycles. The number of fused-ring (bicyclic) bond motifs is 2. The summed E-state index contributed by atoms with van der Waals surface area (Å²) in [5, 5.41) is 62.9. The number of carbonyl (C=O) groups is 4. The molecule has 3 aromatic rings. The van der Waals surface area contributed by atoms with E-state index >= 15 is 0 Å². The number of rotatable bonds is 17. The molecule has 0 spiro atoms. The van der Waals surface area contributed by atoms with Crippen molar-refractivity contribution >= 4 is 40.4 Å². The Kier molecular flexibility index (Phi) is 18.7. The molecule has 0 bridgehead atoms. The van der Waals surface area contributed by atoms with E-state index in [2.05, 4.69) is 28.6 Å². The topological polar surface area (TPSA) is 268 Å². The zero-order valence-corrected chi connectivity index (χ0v) is 31.1. The lowest BCUT2D eigenvalue weighted by Crippen LogP contribution is -2.35. The third-order valence-corrected chi connectivity index (χ3v) is 8.75. The minimum atomic E-state index is -1.39. The molecule has 1 aliphatic rings. The number of nitrogens with zero attached hydrogens (tertiary/aromatic N) is 4. The summed E-state index contributed by atoms with van der Waals surface area (Å²) in [5.74, 6) is -3.91. The second kappa shape index (κ2) is 22.6. The van der Waals surface area contributed by atoms with Gasteiger partial charge in [-0.05, 0) is 74.1 Å². The molecule has 2 aromatic carbocycles. The first-order chi connectivity index (χ1) is 26.2. The maximum Gasteiger partial charge on any atom is 0.314 e. The number of aromatic hydroxyl groups is 1. The summed E-state index contributed by atoms with van der Waals surface area (Å²) in [7, 11) is 0. The van der Waals surface area contributed by atoms with E-state index in [-0.39, 0.29) is 55.9 Å². The summed E-state index contributed by atoms with van der Waals surface area (Å²) in [6, 6.07) is 11.4. The van der Waals surface area contributed by atoms with Gasteiger partial charge in [-0.1, -0.05) is 26.3 Å². The lowest BCUT2D eigenvalue weighted by Gasteiger charge is -2.20. The SMILES string of the molecule is CC(C)c1ccc2nc(C3C(=O)c4ccc(C(=O)N(CCO)CCO)cc4C3=O)c(O)cc2c1.CC(CO)(CO)C(=O)O.N#COCCCCCCN=C=O.[2H-]. The highest BCUT2D eigenvalue weighted by Crippen LogP contribution is 2.38. The normalized spacial score (nSPS) is 13.1. The number of aromatic nitrogens is 1. The van der Waals surface area contributed by atoms with Crippen molar-refractivity contribution < 1.29 is 60.8 Å². The van der Waals surface area contributed by atoms with Gasteiger partial charge in [-0.3, -0.25) is 19.2 Å². The summed E-state index contributed by atoms with van der Waals surface area (Å²) in [6.45, 7) is 4.86. The van der Waals surface area contributed by atoms with Gasteiger partial charge >= 0.3 is 5.97 Å². The number of pyridine rings is 1. The van der Waals surface area contributed by atoms with Crippen molar-refractivity contribution in [2.45, 2.75) is 58.3 Å². The first-order valence-electron chi connectivity index (χ1n) is 17.6. The zero-order valence-electron chi connectivity index (χ0n) is 32.1. The van der Waals surface area contributed by atoms with Gasteiger partial charge < -0.3 is 41.7 Å². The van der Waals surface area contributed by atoms with E-state index in [9.17, 15) is 39.3 Å². The van der Waals surface area contributed by atoms with Crippen LogP contribution < -0.4 is 0 Å². The number of aliphatic hydroxyl groups excluding tert-OH is 4. The Bertz CT molecular complexity index is 1880. The largest absolute Gasteiger partial charge is 1.00 e. The highest BCUT2D eigenvalue weighted by Gasteiger charge is 2.42. The minimum Gasteiger partial charge on any atom is -1.00 e. The van der Waals surface area contributed by atoms with Crippen LogP contribution in [-0.4, -0.2) is 123 Å². The molecule has 298 valence electrons. The molecule has 6 N–H and O–H groups in total. The number of isocyanates is 1. The minimum absolute atomic E-state index is 0. The van der Waals surface area contributed by atoms with Gasteiger partial charge in [0.1, 0.15) is 29.4 Å². The van der Waals surface area contributed by atoms with Crippen LogP contribution in [0.25, 0.3) is 10.9 Å². The van der Waals surface area contributed by atoms with Crippen molar-refractivity contribution in [2.24, 2.45) is 10.4 Å². The lowest BCUT2D eigenvalue weighted by molar-refractivity contribution is -0.152. The predicted octanol–water partition coefficient (Wildman–Crippen LogP) is 3.21. The average molecular weight is 767 g/mol. The van der Waals surface area contributed by atoms with Crippen molar-refractivity contribution in [2.75, 3.05) is 52.7 Å². The molecule has 1 atom stereocenters. The van der Waals surface area contributed by atoms with Crippen LogP contribution in [0.1, 0.15) is 102 Å². The summed E-state index contributed by atoms with van der Waals surface area (Å²) < 4.78 is 4.48. The van der Waals surface area contributed by atoms with Crippen LogP contribution in [-0.2, 0) is 14.3 Å². The number of aliphatic hydroxyl groups is 4. The number of aliphatic carboxylic acids is 1. The number of aliphatic imine (C=N–C) groups is 1. The van der Waals surface area contributed by atoms with Gasteiger partial charge in [0.05, 0.1) is 38.5 Å². The molecule has 1 heterocycles. The highest BCUT2D eigenvalue weighted by atomic mass is 16.5. The third-order valence-electron chi connectivity index (χ3n) is 8.75. The lowest BCUT2D eigenvalue weighted by atomic mass is 9.94. The Morgan fingerprint density at radius 3 is 2.15 bits per heavy atom. The van der Waals surface area contributed by atoms with E-state index in [0.717, 1.165) is 31.2 Å². The summed E-state index contributed by atoms with van der Waals surface area (Å²) >= 11 is 0. The van der Waals surface area contributed by atoms with Crippen molar-refractivity contribution in [3.8, 4) is 12.0 Å². The Hall–Kier alpha value is -5.56. The Morgan fingerprint density at radius 1 is 0.964 bits per heavy atom. The molecule has 0 fully saturated rings. The molecule has 4 rings (SSSR count). The molecule has 0 radical (unpaired) electrons. The van der Waals surface area contributed by atoms with Gasteiger partial charge in [-0.15, -0.1) is 0 Å².